The zero-order valence-electron chi connectivity index (χ0n) is 13.6. The van der Waals surface area contributed by atoms with E-state index in [9.17, 15) is 23.1 Å². The first kappa shape index (κ1) is 18.6. The van der Waals surface area contributed by atoms with Crippen LogP contribution in [0.3, 0.4) is 0 Å². The molecule has 1 amide bonds. The maximum Gasteiger partial charge on any atom is 0.438 e. The van der Waals surface area contributed by atoms with Gasteiger partial charge < -0.3 is 5.11 Å². The van der Waals surface area contributed by atoms with Crippen LogP contribution < -0.4 is 0 Å². The molecule has 1 unspecified atom stereocenters. The van der Waals surface area contributed by atoms with Crippen LogP contribution in [0, 0.1) is 6.92 Å². The number of rotatable bonds is 2. The first-order valence-corrected chi connectivity index (χ1v) is 8.45. The minimum Gasteiger partial charge on any atom is -0.362 e. The molecule has 0 saturated carbocycles. The zero-order valence-corrected chi connectivity index (χ0v) is 15.2. The number of hydrazone groups is 1. The lowest BCUT2D eigenvalue weighted by Crippen LogP contribution is -2.56. The monoisotopic (exact) mass is 426 g/mol. The van der Waals surface area contributed by atoms with E-state index in [1.165, 1.54) is 12.1 Å². The Balaban J connectivity index is 2.07. The molecule has 1 N–H and O–H groups in total. The van der Waals surface area contributed by atoms with Crippen LogP contribution in [0.15, 0.2) is 58.1 Å². The number of aliphatic hydroxyl groups is 1. The molecule has 1 aliphatic rings. The molecular weight excluding hydrogens is 413 g/mol. The Morgan fingerprint density at radius 1 is 1.23 bits per heavy atom. The van der Waals surface area contributed by atoms with Gasteiger partial charge in [-0.1, -0.05) is 45.8 Å². The SMILES string of the molecule is Cc1cccc(C(=O)N2N=C(c3cccc(Br)c3)CC2(O)C(F)(F)F)c1. The molecular formula is C18H14BrF3N2O2. The van der Waals surface area contributed by atoms with E-state index >= 15 is 0 Å². The molecule has 4 nitrogen and oxygen atoms in total. The quantitative estimate of drug-likeness (QED) is 0.779. The fourth-order valence-corrected chi connectivity index (χ4v) is 3.11. The number of benzene rings is 2. The fraction of sp³-hybridized carbons (Fsp3) is 0.222. The Kier molecular flexibility index (Phi) is 4.66. The lowest BCUT2D eigenvalue weighted by Gasteiger charge is -2.32. The van der Waals surface area contributed by atoms with Gasteiger partial charge in [0.15, 0.2) is 0 Å². The summed E-state index contributed by atoms with van der Waals surface area (Å²) in [4.78, 5) is 12.7. The minimum atomic E-state index is -5.07. The second-order valence-corrected chi connectivity index (χ2v) is 6.95. The molecule has 0 bridgehead atoms. The number of carbonyl (C=O) groups excluding carboxylic acids is 1. The lowest BCUT2D eigenvalue weighted by atomic mass is 10.0. The molecule has 1 aliphatic heterocycles. The molecule has 1 atom stereocenters. The third-order valence-corrected chi connectivity index (χ3v) is 4.55. The summed E-state index contributed by atoms with van der Waals surface area (Å²) in [7, 11) is 0. The van der Waals surface area contributed by atoms with E-state index in [1.807, 2.05) is 0 Å². The van der Waals surface area contributed by atoms with E-state index in [-0.39, 0.29) is 16.3 Å². The van der Waals surface area contributed by atoms with Crippen molar-refractivity contribution in [2.75, 3.05) is 0 Å². The van der Waals surface area contributed by atoms with Gasteiger partial charge in [0, 0.05) is 10.0 Å². The number of alkyl halides is 3. The molecule has 0 aliphatic carbocycles. The van der Waals surface area contributed by atoms with E-state index in [1.54, 1.807) is 43.3 Å². The minimum absolute atomic E-state index is 0.0203. The fourth-order valence-electron chi connectivity index (χ4n) is 2.71. The van der Waals surface area contributed by atoms with E-state index < -0.39 is 24.2 Å². The lowest BCUT2D eigenvalue weighted by molar-refractivity contribution is -0.297. The first-order valence-electron chi connectivity index (χ1n) is 7.65. The van der Waals surface area contributed by atoms with Crippen molar-refractivity contribution < 1.29 is 23.1 Å². The van der Waals surface area contributed by atoms with Gasteiger partial charge >= 0.3 is 6.18 Å². The summed E-state index contributed by atoms with van der Waals surface area (Å²) in [5.41, 5.74) is -2.30. The Hall–Kier alpha value is -2.19. The van der Waals surface area contributed by atoms with Crippen molar-refractivity contribution in [2.45, 2.75) is 25.2 Å². The third-order valence-electron chi connectivity index (χ3n) is 4.05. The standard InChI is InChI=1S/C18H14BrF3N2O2/c1-11-4-2-6-13(8-11)16(25)24-17(26,18(20,21)22)10-15(23-24)12-5-3-7-14(19)9-12/h2-9,26H,10H2,1H3. The highest BCUT2D eigenvalue weighted by Gasteiger charge is 2.63. The first-order chi connectivity index (χ1) is 12.1. The van der Waals surface area contributed by atoms with Crippen molar-refractivity contribution in [2.24, 2.45) is 5.10 Å². The van der Waals surface area contributed by atoms with Gasteiger partial charge in [-0.05, 0) is 36.8 Å². The smallest absolute Gasteiger partial charge is 0.362 e. The van der Waals surface area contributed by atoms with Crippen molar-refractivity contribution in [3.8, 4) is 0 Å². The van der Waals surface area contributed by atoms with Crippen LogP contribution >= 0.6 is 15.9 Å². The highest BCUT2D eigenvalue weighted by Crippen LogP contribution is 2.42. The molecule has 8 heteroatoms. The van der Waals surface area contributed by atoms with Crippen molar-refractivity contribution in [3.63, 3.8) is 0 Å². The van der Waals surface area contributed by atoms with Crippen LogP contribution in [-0.2, 0) is 0 Å². The number of aryl methyl sites for hydroxylation is 1. The highest BCUT2D eigenvalue weighted by molar-refractivity contribution is 9.10. The second kappa shape index (κ2) is 6.51. The van der Waals surface area contributed by atoms with Gasteiger partial charge in [0.05, 0.1) is 12.1 Å². The Morgan fingerprint density at radius 2 is 1.92 bits per heavy atom. The van der Waals surface area contributed by atoms with Gasteiger partial charge in [0.1, 0.15) is 0 Å². The highest BCUT2D eigenvalue weighted by atomic mass is 79.9. The van der Waals surface area contributed by atoms with Gasteiger partial charge in [0.2, 0.25) is 0 Å². The summed E-state index contributed by atoms with van der Waals surface area (Å²) >= 11 is 3.25. The van der Waals surface area contributed by atoms with Crippen LogP contribution in [0.2, 0.25) is 0 Å². The average molecular weight is 427 g/mol. The number of carbonyl (C=O) groups is 1. The molecule has 0 saturated heterocycles. The molecule has 0 radical (unpaired) electrons. The average Bonchev–Trinajstić information content (AvgIpc) is 2.93. The third kappa shape index (κ3) is 3.26. The van der Waals surface area contributed by atoms with E-state index in [2.05, 4.69) is 21.0 Å². The van der Waals surface area contributed by atoms with Gasteiger partial charge in [-0.25, -0.2) is 0 Å². The summed E-state index contributed by atoms with van der Waals surface area (Å²) in [5.74, 6) is -1.02. The van der Waals surface area contributed by atoms with Crippen molar-refractivity contribution in [1.82, 2.24) is 5.01 Å². The Bertz CT molecular complexity index is 898. The maximum atomic E-state index is 13.6. The summed E-state index contributed by atoms with van der Waals surface area (Å²) in [5, 5.41) is 14.3. The van der Waals surface area contributed by atoms with E-state index in [4.69, 9.17) is 0 Å². The molecule has 0 aromatic heterocycles. The largest absolute Gasteiger partial charge is 0.438 e. The van der Waals surface area contributed by atoms with Crippen molar-refractivity contribution >= 4 is 27.5 Å². The van der Waals surface area contributed by atoms with Gasteiger partial charge in [-0.3, -0.25) is 4.79 Å². The molecule has 26 heavy (non-hydrogen) atoms. The molecule has 2 aromatic carbocycles. The van der Waals surface area contributed by atoms with E-state index in [0.717, 1.165) is 0 Å². The molecule has 0 spiro atoms. The number of halogens is 4. The summed E-state index contributed by atoms with van der Waals surface area (Å²) in [6, 6.07) is 12.6. The van der Waals surface area contributed by atoms with Crippen molar-refractivity contribution in [3.05, 3.63) is 69.7 Å². The summed E-state index contributed by atoms with van der Waals surface area (Å²) in [6.45, 7) is 1.72. The number of hydrogen-bond donors (Lipinski definition) is 1. The van der Waals surface area contributed by atoms with Crippen LogP contribution in [0.1, 0.15) is 27.9 Å². The number of hydrogen-bond acceptors (Lipinski definition) is 3. The van der Waals surface area contributed by atoms with Gasteiger partial charge in [0.25, 0.3) is 11.6 Å². The van der Waals surface area contributed by atoms with Crippen LogP contribution in [0.5, 0.6) is 0 Å². The molecule has 3 rings (SSSR count). The van der Waals surface area contributed by atoms with Crippen LogP contribution in [-0.4, -0.2) is 33.6 Å². The second-order valence-electron chi connectivity index (χ2n) is 6.03. The summed E-state index contributed by atoms with van der Waals surface area (Å²) < 4.78 is 41.4. The Morgan fingerprint density at radius 3 is 2.54 bits per heavy atom. The predicted molar refractivity (Wildman–Crippen MR) is 93.6 cm³/mol. The Labute approximate surface area is 156 Å². The number of amides is 1. The molecule has 1 heterocycles. The van der Waals surface area contributed by atoms with Crippen molar-refractivity contribution in [1.29, 1.82) is 0 Å². The normalized spacial score (nSPS) is 20.2. The van der Waals surface area contributed by atoms with E-state index in [0.29, 0.717) is 15.6 Å². The summed E-state index contributed by atoms with van der Waals surface area (Å²) in [6.07, 6.45) is -5.91. The van der Waals surface area contributed by atoms with Gasteiger partial charge in [-0.15, -0.1) is 0 Å². The van der Waals surface area contributed by atoms with Crippen LogP contribution in [0.4, 0.5) is 13.2 Å². The number of nitrogens with zero attached hydrogens (tertiary/aromatic N) is 2. The molecule has 136 valence electrons. The van der Waals surface area contributed by atoms with Gasteiger partial charge in [-0.2, -0.15) is 23.3 Å². The topological polar surface area (TPSA) is 52.9 Å². The maximum absolute atomic E-state index is 13.6. The zero-order chi connectivity index (χ0) is 19.1. The molecule has 0 fully saturated rings. The molecule has 2 aromatic rings. The predicted octanol–water partition coefficient (Wildman–Crippen LogP) is 4.26. The van der Waals surface area contributed by atoms with Crippen LogP contribution in [0.25, 0.3) is 0 Å².